The van der Waals surface area contributed by atoms with Crippen molar-refractivity contribution in [3.8, 4) is 0 Å². The number of ether oxygens (including phenoxy) is 1. The Morgan fingerprint density at radius 2 is 2.21 bits per heavy atom. The van der Waals surface area contributed by atoms with Crippen molar-refractivity contribution in [3.63, 3.8) is 0 Å². The van der Waals surface area contributed by atoms with E-state index in [2.05, 4.69) is 9.72 Å². The summed E-state index contributed by atoms with van der Waals surface area (Å²) in [7, 11) is 1.33. The largest absolute Gasteiger partial charge is 0.468 e. The summed E-state index contributed by atoms with van der Waals surface area (Å²) in [5, 5.41) is 0. The van der Waals surface area contributed by atoms with Gasteiger partial charge in [0.1, 0.15) is 6.54 Å². The molecule has 106 valence electrons. The van der Waals surface area contributed by atoms with E-state index in [9.17, 15) is 9.59 Å². The van der Waals surface area contributed by atoms with E-state index < -0.39 is 0 Å². The first-order valence-corrected chi connectivity index (χ1v) is 6.40. The van der Waals surface area contributed by atoms with Crippen molar-refractivity contribution in [3.05, 3.63) is 22.7 Å². The molecule has 0 amide bonds. The molecule has 0 N–H and O–H groups in total. The van der Waals surface area contributed by atoms with Crippen molar-refractivity contribution < 1.29 is 9.53 Å². The maximum absolute atomic E-state index is 12.3. The molecule has 0 aliphatic carbocycles. The molecule has 1 heterocycles. The predicted octanol–water partition coefficient (Wildman–Crippen LogP) is 1.04. The van der Waals surface area contributed by atoms with Crippen molar-refractivity contribution in [1.29, 1.82) is 0 Å². The Morgan fingerprint density at radius 1 is 1.53 bits per heavy atom. The summed E-state index contributed by atoms with van der Waals surface area (Å²) < 4.78 is 6.26. The SMILES string of the molecule is CCCn1ccnc(N(CC(=O)OC)C(C)C)c1=O. The van der Waals surface area contributed by atoms with E-state index in [1.165, 1.54) is 7.11 Å². The third kappa shape index (κ3) is 3.81. The first-order chi connectivity index (χ1) is 9.01. The van der Waals surface area contributed by atoms with E-state index in [-0.39, 0.29) is 29.9 Å². The molecule has 0 unspecified atom stereocenters. The Labute approximate surface area is 113 Å². The summed E-state index contributed by atoms with van der Waals surface area (Å²) in [6.45, 7) is 6.47. The fraction of sp³-hybridized carbons (Fsp3) is 0.615. The second-order valence-electron chi connectivity index (χ2n) is 4.55. The first kappa shape index (κ1) is 15.2. The maximum Gasteiger partial charge on any atom is 0.325 e. The summed E-state index contributed by atoms with van der Waals surface area (Å²) in [6, 6.07) is -0.0169. The Morgan fingerprint density at radius 3 is 2.74 bits per heavy atom. The second kappa shape index (κ2) is 6.92. The molecule has 0 saturated carbocycles. The van der Waals surface area contributed by atoms with Gasteiger partial charge in [-0.25, -0.2) is 4.98 Å². The van der Waals surface area contributed by atoms with E-state index in [1.807, 2.05) is 20.8 Å². The van der Waals surface area contributed by atoms with Gasteiger partial charge in [-0.2, -0.15) is 0 Å². The molecular weight excluding hydrogens is 246 g/mol. The normalized spacial score (nSPS) is 10.6. The Hall–Kier alpha value is -1.85. The van der Waals surface area contributed by atoms with Gasteiger partial charge in [0.25, 0.3) is 5.56 Å². The van der Waals surface area contributed by atoms with Crippen LogP contribution in [0, 0.1) is 0 Å². The molecule has 0 fully saturated rings. The summed E-state index contributed by atoms with van der Waals surface area (Å²) in [5.41, 5.74) is -0.179. The number of methoxy groups -OCH3 is 1. The Balaban J connectivity index is 3.12. The Kier molecular flexibility index (Phi) is 5.54. The van der Waals surface area contributed by atoms with Crippen LogP contribution >= 0.6 is 0 Å². The minimum Gasteiger partial charge on any atom is -0.468 e. The van der Waals surface area contributed by atoms with Gasteiger partial charge >= 0.3 is 5.97 Å². The molecule has 6 heteroatoms. The molecule has 0 saturated heterocycles. The highest BCUT2D eigenvalue weighted by molar-refractivity contribution is 5.75. The van der Waals surface area contributed by atoms with Crippen LogP contribution in [0.4, 0.5) is 5.82 Å². The highest BCUT2D eigenvalue weighted by Gasteiger charge is 2.20. The molecule has 1 aromatic rings. The molecule has 19 heavy (non-hydrogen) atoms. The zero-order valence-electron chi connectivity index (χ0n) is 11.9. The monoisotopic (exact) mass is 267 g/mol. The minimum atomic E-state index is -0.388. The van der Waals surface area contributed by atoms with Gasteiger partial charge < -0.3 is 14.2 Å². The number of nitrogens with zero attached hydrogens (tertiary/aromatic N) is 3. The van der Waals surface area contributed by atoms with Gasteiger partial charge in [0, 0.05) is 25.0 Å². The number of anilines is 1. The quantitative estimate of drug-likeness (QED) is 0.721. The molecule has 0 spiro atoms. The highest BCUT2D eigenvalue weighted by Crippen LogP contribution is 2.08. The summed E-state index contributed by atoms with van der Waals surface area (Å²) >= 11 is 0. The zero-order chi connectivity index (χ0) is 14.4. The molecular formula is C13H21N3O3. The third-order valence-corrected chi connectivity index (χ3v) is 2.78. The molecule has 0 radical (unpaired) electrons. The lowest BCUT2D eigenvalue weighted by Crippen LogP contribution is -2.41. The lowest BCUT2D eigenvalue weighted by Gasteiger charge is -2.26. The van der Waals surface area contributed by atoms with Crippen LogP contribution in [-0.4, -0.2) is 35.2 Å². The summed E-state index contributed by atoms with van der Waals surface area (Å²) in [5.74, 6) is -0.0999. The average molecular weight is 267 g/mol. The molecule has 0 aliphatic heterocycles. The molecule has 0 bridgehead atoms. The minimum absolute atomic E-state index is 0.0169. The van der Waals surface area contributed by atoms with Crippen LogP contribution in [0.3, 0.4) is 0 Å². The van der Waals surface area contributed by atoms with Crippen LogP contribution in [0.15, 0.2) is 17.2 Å². The van der Waals surface area contributed by atoms with Gasteiger partial charge in [0.2, 0.25) is 0 Å². The molecule has 6 nitrogen and oxygen atoms in total. The lowest BCUT2D eigenvalue weighted by atomic mass is 10.3. The standard InChI is InChI=1S/C13H21N3O3/c1-5-7-15-8-6-14-12(13(15)18)16(10(2)3)9-11(17)19-4/h6,8,10H,5,7,9H2,1-4H3. The van der Waals surface area contributed by atoms with Crippen LogP contribution in [0.5, 0.6) is 0 Å². The van der Waals surface area contributed by atoms with Gasteiger partial charge in [0.05, 0.1) is 7.11 Å². The van der Waals surface area contributed by atoms with Crippen molar-refractivity contribution in [2.75, 3.05) is 18.6 Å². The van der Waals surface area contributed by atoms with Crippen LogP contribution < -0.4 is 10.5 Å². The molecule has 1 rings (SSSR count). The Bertz CT molecular complexity index is 482. The number of carbonyl (C=O) groups is 1. The summed E-state index contributed by atoms with van der Waals surface area (Å²) in [4.78, 5) is 29.5. The molecule has 0 atom stereocenters. The molecule has 0 aromatic carbocycles. The van der Waals surface area contributed by atoms with Gasteiger partial charge in [-0.05, 0) is 20.3 Å². The van der Waals surface area contributed by atoms with Crippen LogP contribution in [0.2, 0.25) is 0 Å². The van der Waals surface area contributed by atoms with Gasteiger partial charge in [-0.15, -0.1) is 0 Å². The zero-order valence-corrected chi connectivity index (χ0v) is 11.9. The number of esters is 1. The van der Waals surface area contributed by atoms with Crippen LogP contribution in [0.1, 0.15) is 27.2 Å². The smallest absolute Gasteiger partial charge is 0.325 e. The number of aromatic nitrogens is 2. The summed E-state index contributed by atoms with van der Waals surface area (Å²) in [6.07, 6.45) is 4.10. The second-order valence-corrected chi connectivity index (χ2v) is 4.55. The molecule has 1 aromatic heterocycles. The number of carbonyl (C=O) groups excluding carboxylic acids is 1. The van der Waals surface area contributed by atoms with E-state index in [4.69, 9.17) is 0 Å². The lowest BCUT2D eigenvalue weighted by molar-refractivity contribution is -0.139. The fourth-order valence-corrected chi connectivity index (χ4v) is 1.76. The van der Waals surface area contributed by atoms with Gasteiger partial charge in [-0.3, -0.25) is 9.59 Å². The number of aryl methyl sites for hydroxylation is 1. The van der Waals surface area contributed by atoms with E-state index >= 15 is 0 Å². The van der Waals surface area contributed by atoms with E-state index in [0.29, 0.717) is 6.54 Å². The van der Waals surface area contributed by atoms with Crippen molar-refractivity contribution in [2.45, 2.75) is 39.8 Å². The number of rotatable bonds is 6. The number of hydrogen-bond donors (Lipinski definition) is 0. The van der Waals surface area contributed by atoms with E-state index in [0.717, 1.165) is 6.42 Å². The molecule has 0 aliphatic rings. The van der Waals surface area contributed by atoms with Crippen molar-refractivity contribution >= 4 is 11.8 Å². The van der Waals surface area contributed by atoms with Crippen LogP contribution in [-0.2, 0) is 16.1 Å². The number of hydrogen-bond acceptors (Lipinski definition) is 5. The van der Waals surface area contributed by atoms with Crippen LogP contribution in [0.25, 0.3) is 0 Å². The average Bonchev–Trinajstić information content (AvgIpc) is 2.38. The third-order valence-electron chi connectivity index (χ3n) is 2.78. The topological polar surface area (TPSA) is 64.4 Å². The fourth-order valence-electron chi connectivity index (χ4n) is 1.76. The predicted molar refractivity (Wildman–Crippen MR) is 73.3 cm³/mol. The van der Waals surface area contributed by atoms with E-state index in [1.54, 1.807) is 21.9 Å². The highest BCUT2D eigenvalue weighted by atomic mass is 16.5. The van der Waals surface area contributed by atoms with Crippen molar-refractivity contribution in [2.24, 2.45) is 0 Å². The van der Waals surface area contributed by atoms with Gasteiger partial charge in [0.15, 0.2) is 5.82 Å². The van der Waals surface area contributed by atoms with Gasteiger partial charge in [-0.1, -0.05) is 6.92 Å². The van der Waals surface area contributed by atoms with Crippen molar-refractivity contribution in [1.82, 2.24) is 9.55 Å². The maximum atomic E-state index is 12.3. The first-order valence-electron chi connectivity index (χ1n) is 6.40.